The summed E-state index contributed by atoms with van der Waals surface area (Å²) in [7, 11) is 0. The summed E-state index contributed by atoms with van der Waals surface area (Å²) in [4.78, 5) is 0. The zero-order valence-corrected chi connectivity index (χ0v) is 25.3. The van der Waals surface area contributed by atoms with E-state index in [9.17, 15) is 0 Å². The van der Waals surface area contributed by atoms with Crippen LogP contribution in [0.25, 0.3) is 0 Å². The average molecular weight is 363 g/mol. The van der Waals surface area contributed by atoms with Gasteiger partial charge in [0.25, 0.3) is 0 Å². The van der Waals surface area contributed by atoms with Gasteiger partial charge in [0.2, 0.25) is 0 Å². The number of hydrogen-bond donors (Lipinski definition) is 0. The molecule has 20 heavy (non-hydrogen) atoms. The van der Waals surface area contributed by atoms with E-state index < -0.39 is 0 Å². The summed E-state index contributed by atoms with van der Waals surface area (Å²) in [6.07, 6.45) is 11.1. The molecule has 0 aliphatic heterocycles. The number of rotatable bonds is 12. The molecule has 0 N–H and O–H groups in total. The van der Waals surface area contributed by atoms with Crippen molar-refractivity contribution in [2.24, 2.45) is 0 Å². The Morgan fingerprint density at radius 1 is 0.500 bits per heavy atom. The molecule has 110 valence electrons. The van der Waals surface area contributed by atoms with Gasteiger partial charge in [0.1, 0.15) is 0 Å². The minimum Gasteiger partial charge on any atom is -1.00 e. The zero-order chi connectivity index (χ0) is 13.0. The largest absolute Gasteiger partial charge is 1.00 e. The third kappa shape index (κ3) is 17.7. The third-order valence-corrected chi connectivity index (χ3v) is 3.94. The Morgan fingerprint density at radius 3 is 0.850 bits per heavy atom. The number of hydrogen-bond acceptors (Lipinski definition) is 0. The van der Waals surface area contributed by atoms with Gasteiger partial charge < -0.3 is 8.76 Å². The molecule has 0 radical (unpaired) electrons. The summed E-state index contributed by atoms with van der Waals surface area (Å²) in [6, 6.07) is 0. The molecule has 0 saturated carbocycles. The van der Waals surface area contributed by atoms with Crippen LogP contribution < -0.4 is 154 Å². The van der Waals surface area contributed by atoms with E-state index in [0.717, 1.165) is 0 Å². The summed E-state index contributed by atoms with van der Waals surface area (Å²) in [6.45, 7) is 15.0. The predicted molar refractivity (Wildman–Crippen MR) is 82.7 cm³/mol. The van der Waals surface area contributed by atoms with E-state index in [-0.39, 0.29) is 158 Å². The van der Waals surface area contributed by atoms with E-state index in [1.165, 1.54) is 82.0 Å². The molecule has 4 heteroatoms. The Morgan fingerprint density at radius 2 is 0.700 bits per heavy atom. The zero-order valence-electron chi connectivity index (χ0n) is 18.9. The first-order valence-electron chi connectivity index (χ1n) is 8.09. The molecule has 0 amide bonds. The summed E-state index contributed by atoms with van der Waals surface area (Å²) in [5.41, 5.74) is 0. The molecule has 0 aliphatic carbocycles. The molecule has 0 aromatic heterocycles. The van der Waals surface area contributed by atoms with Crippen LogP contribution >= 0.6 is 0 Å². The van der Waals surface area contributed by atoms with Crippen LogP contribution in [0.4, 0.5) is 0 Å². The molecule has 0 aromatic rings. The van der Waals surface area contributed by atoms with Crippen molar-refractivity contribution in [3.8, 4) is 0 Å². The fourth-order valence-electron chi connectivity index (χ4n) is 2.64. The van der Waals surface area contributed by atoms with Crippen molar-refractivity contribution in [2.45, 2.75) is 79.1 Å². The second-order valence-corrected chi connectivity index (χ2v) is 5.65. The van der Waals surface area contributed by atoms with Crippen LogP contribution in [0.2, 0.25) is 0 Å². The SMILES string of the molecule is CCCC[N+](CCCC)(CCCC)CCCC.[H-].[H-].[H-].[K+].[K+].[K+]. The molecule has 0 saturated heterocycles. The first-order valence-corrected chi connectivity index (χ1v) is 8.09. The Hall–Kier alpha value is 4.87. The molecule has 0 aliphatic rings. The molecule has 0 heterocycles. The van der Waals surface area contributed by atoms with Crippen LogP contribution in [-0.2, 0) is 0 Å². The summed E-state index contributed by atoms with van der Waals surface area (Å²) >= 11 is 0. The monoisotopic (exact) mass is 362 g/mol. The first kappa shape index (κ1) is 32.5. The molecule has 0 fully saturated rings. The molecule has 0 aromatic carbocycles. The summed E-state index contributed by atoms with van der Waals surface area (Å²) < 4.78 is 1.42. The van der Waals surface area contributed by atoms with Crippen LogP contribution in [0.15, 0.2) is 0 Å². The molecular formula is C16H39K3N+. The Kier molecular flexibility index (Phi) is 38.8. The maximum atomic E-state index is 2.33. The van der Waals surface area contributed by atoms with Crippen LogP contribution in [0.1, 0.15) is 83.3 Å². The average Bonchev–Trinajstić information content (AvgIpc) is 2.37. The Bertz CT molecular complexity index is 141. The Labute approximate surface area is 261 Å². The molecule has 0 bridgehead atoms. The van der Waals surface area contributed by atoms with Gasteiger partial charge in [0.15, 0.2) is 0 Å². The third-order valence-electron chi connectivity index (χ3n) is 3.94. The molecular weight excluding hydrogens is 323 g/mol. The smallest absolute Gasteiger partial charge is 1.00 e. The maximum absolute atomic E-state index is 2.33. The topological polar surface area (TPSA) is 0 Å². The van der Waals surface area contributed by atoms with E-state index in [1.807, 2.05) is 0 Å². The fraction of sp³-hybridized carbons (Fsp3) is 1.00. The van der Waals surface area contributed by atoms with Crippen LogP contribution in [-0.4, -0.2) is 30.7 Å². The van der Waals surface area contributed by atoms with Gasteiger partial charge in [0, 0.05) is 0 Å². The predicted octanol–water partition coefficient (Wildman–Crippen LogP) is -3.65. The number of nitrogens with zero attached hydrogens (tertiary/aromatic N) is 1. The normalized spacial score (nSPS) is 10.2. The maximum Gasteiger partial charge on any atom is 1.00 e. The van der Waals surface area contributed by atoms with Crippen molar-refractivity contribution < 1.29 is 163 Å². The summed E-state index contributed by atoms with van der Waals surface area (Å²) in [5, 5.41) is 0. The first-order chi connectivity index (χ1) is 8.24. The Balaban J connectivity index is -0.0000000853. The van der Waals surface area contributed by atoms with Crippen LogP contribution in [0.5, 0.6) is 0 Å². The van der Waals surface area contributed by atoms with E-state index in [4.69, 9.17) is 0 Å². The van der Waals surface area contributed by atoms with Crippen LogP contribution in [0.3, 0.4) is 0 Å². The molecule has 0 rings (SSSR count). The van der Waals surface area contributed by atoms with Crippen molar-refractivity contribution in [3.05, 3.63) is 0 Å². The number of unbranched alkanes of at least 4 members (excludes halogenated alkanes) is 4. The summed E-state index contributed by atoms with van der Waals surface area (Å²) in [5.74, 6) is 0. The quantitative estimate of drug-likeness (QED) is 0.248. The molecule has 0 unspecified atom stereocenters. The van der Waals surface area contributed by atoms with Gasteiger partial charge in [-0.3, -0.25) is 0 Å². The second-order valence-electron chi connectivity index (χ2n) is 5.65. The van der Waals surface area contributed by atoms with Crippen molar-refractivity contribution in [1.82, 2.24) is 0 Å². The second kappa shape index (κ2) is 23.9. The van der Waals surface area contributed by atoms with Gasteiger partial charge in [-0.15, -0.1) is 0 Å². The fourth-order valence-corrected chi connectivity index (χ4v) is 2.64. The van der Waals surface area contributed by atoms with Crippen molar-refractivity contribution in [2.75, 3.05) is 26.2 Å². The van der Waals surface area contributed by atoms with Gasteiger partial charge in [-0.1, -0.05) is 53.4 Å². The van der Waals surface area contributed by atoms with Gasteiger partial charge in [-0.05, 0) is 25.7 Å². The minimum atomic E-state index is 0. The minimum absolute atomic E-state index is 0. The van der Waals surface area contributed by atoms with Gasteiger partial charge in [-0.25, -0.2) is 0 Å². The van der Waals surface area contributed by atoms with Crippen LogP contribution in [0, 0.1) is 0 Å². The molecule has 0 spiro atoms. The number of quaternary nitrogens is 1. The van der Waals surface area contributed by atoms with Crippen molar-refractivity contribution in [1.29, 1.82) is 0 Å². The molecule has 1 nitrogen and oxygen atoms in total. The standard InChI is InChI=1S/C16H36N.3K.3H/c1-5-9-13-17(14-10-6-2,15-11-7-3)16-12-8-4;;;;;;/h5-16H2,1-4H3;;;;;;/q4*+1;3*-1. The van der Waals surface area contributed by atoms with Gasteiger partial charge in [-0.2, -0.15) is 0 Å². The van der Waals surface area contributed by atoms with E-state index in [0.29, 0.717) is 0 Å². The van der Waals surface area contributed by atoms with Gasteiger partial charge in [0.05, 0.1) is 26.2 Å². The van der Waals surface area contributed by atoms with E-state index in [1.54, 1.807) is 0 Å². The van der Waals surface area contributed by atoms with Crippen molar-refractivity contribution in [3.63, 3.8) is 0 Å². The van der Waals surface area contributed by atoms with E-state index in [2.05, 4.69) is 27.7 Å². The van der Waals surface area contributed by atoms with Crippen molar-refractivity contribution >= 4 is 0 Å². The van der Waals surface area contributed by atoms with Gasteiger partial charge >= 0.3 is 154 Å². The molecule has 0 atom stereocenters. The van der Waals surface area contributed by atoms with E-state index >= 15 is 0 Å².